The van der Waals surface area contributed by atoms with Crippen LogP contribution < -0.4 is 0 Å². The van der Waals surface area contributed by atoms with Gasteiger partial charge in [-0.3, -0.25) is 0 Å². The molecule has 0 bridgehead atoms. The van der Waals surface area contributed by atoms with Gasteiger partial charge in [0.05, 0.1) is 0 Å². The van der Waals surface area contributed by atoms with Crippen LogP contribution in [0.25, 0.3) is 0 Å². The van der Waals surface area contributed by atoms with Crippen molar-refractivity contribution in [3.63, 3.8) is 0 Å². The van der Waals surface area contributed by atoms with Crippen molar-refractivity contribution in [3.05, 3.63) is 5.75 Å². The highest BCUT2D eigenvalue weighted by molar-refractivity contribution is 8.04. The van der Waals surface area contributed by atoms with E-state index in [-0.39, 0.29) is 0 Å². The monoisotopic (exact) mass is 99.0 g/mol. The predicted octanol–water partition coefficient (Wildman–Crippen LogP) is 1.82. The van der Waals surface area contributed by atoms with Crippen LogP contribution in [0.4, 0.5) is 0 Å². The number of rotatable bonds is 0. The lowest BCUT2D eigenvalue weighted by Crippen LogP contribution is -2.10. The zero-order chi connectivity index (χ0) is 4.04. The highest BCUT2D eigenvalue weighted by atomic mass is 32.2. The molecule has 2 rings (SSSR count). The molecule has 1 saturated carbocycles. The van der Waals surface area contributed by atoms with Crippen LogP contribution in [0.3, 0.4) is 0 Å². The standard InChI is InChI=1S/C5H7S/c1-2-5(1)3-4-6-5/h4H,1-3H2. The average Bonchev–Trinajstić information content (AvgIpc) is 2.02. The SMILES string of the molecule is [CH]1CC2(CC2)S1. The summed E-state index contributed by atoms with van der Waals surface area (Å²) in [6, 6.07) is 0. The first-order valence-corrected chi connectivity index (χ1v) is 3.29. The Balaban J connectivity index is 2.09. The van der Waals surface area contributed by atoms with Crippen molar-refractivity contribution in [2.24, 2.45) is 0 Å². The van der Waals surface area contributed by atoms with Crippen LogP contribution in [0.1, 0.15) is 19.3 Å². The Kier molecular flexibility index (Phi) is 0.441. The fourth-order valence-corrected chi connectivity index (χ4v) is 1.76. The van der Waals surface area contributed by atoms with E-state index in [0.29, 0.717) is 0 Å². The Morgan fingerprint density at radius 3 is 2.17 bits per heavy atom. The summed E-state index contributed by atoms with van der Waals surface area (Å²) in [6.07, 6.45) is 4.39. The van der Waals surface area contributed by atoms with Crippen LogP contribution in [-0.2, 0) is 0 Å². The Labute approximate surface area is 42.3 Å². The summed E-state index contributed by atoms with van der Waals surface area (Å²) in [6.45, 7) is 0. The maximum Gasteiger partial charge on any atom is 0.0186 e. The zero-order valence-corrected chi connectivity index (χ0v) is 4.42. The molecule has 0 nitrogen and oxygen atoms in total. The minimum absolute atomic E-state index is 0.833. The van der Waals surface area contributed by atoms with Crippen molar-refractivity contribution in [1.82, 2.24) is 0 Å². The Bertz CT molecular complexity index is 68.0. The summed E-state index contributed by atoms with van der Waals surface area (Å²) in [4.78, 5) is 0. The Morgan fingerprint density at radius 1 is 1.50 bits per heavy atom. The summed E-state index contributed by atoms with van der Waals surface area (Å²) in [5.74, 6) is 2.31. The lowest BCUT2D eigenvalue weighted by atomic mass is 10.3. The van der Waals surface area contributed by atoms with E-state index in [9.17, 15) is 0 Å². The molecule has 2 aliphatic rings. The fourth-order valence-electron chi connectivity index (χ4n) is 0.780. The molecule has 33 valence electrons. The quantitative estimate of drug-likeness (QED) is 0.446. The molecule has 1 radical (unpaired) electrons. The second-order valence-electron chi connectivity index (χ2n) is 2.17. The summed E-state index contributed by atoms with van der Waals surface area (Å²) >= 11 is 2.05. The zero-order valence-electron chi connectivity index (χ0n) is 3.61. The van der Waals surface area contributed by atoms with Crippen molar-refractivity contribution in [2.75, 3.05) is 0 Å². The van der Waals surface area contributed by atoms with Gasteiger partial charge in [-0.2, -0.15) is 11.8 Å². The van der Waals surface area contributed by atoms with Gasteiger partial charge >= 0.3 is 0 Å². The van der Waals surface area contributed by atoms with Crippen molar-refractivity contribution >= 4 is 11.8 Å². The second-order valence-corrected chi connectivity index (χ2v) is 3.61. The lowest BCUT2D eigenvalue weighted by molar-refractivity contribution is 0.863. The molecule has 1 heterocycles. The smallest absolute Gasteiger partial charge is 0.0186 e. The van der Waals surface area contributed by atoms with Gasteiger partial charge in [0.1, 0.15) is 0 Å². The lowest BCUT2D eigenvalue weighted by Gasteiger charge is -2.22. The average molecular weight is 99.2 g/mol. The number of thioether (sulfide) groups is 1. The summed E-state index contributed by atoms with van der Waals surface area (Å²) in [5, 5.41) is 0. The number of hydrogen-bond acceptors (Lipinski definition) is 1. The third-order valence-electron chi connectivity index (χ3n) is 1.60. The molecule has 1 spiro atoms. The summed E-state index contributed by atoms with van der Waals surface area (Å²) in [5.41, 5.74) is 0. The van der Waals surface area contributed by atoms with Crippen molar-refractivity contribution < 1.29 is 0 Å². The Morgan fingerprint density at radius 2 is 2.17 bits per heavy atom. The van der Waals surface area contributed by atoms with Gasteiger partial charge in [-0.1, -0.05) is 0 Å². The molecule has 0 unspecified atom stereocenters. The molecule has 1 aliphatic carbocycles. The molecule has 1 aliphatic heterocycles. The third-order valence-corrected chi connectivity index (χ3v) is 3.00. The minimum atomic E-state index is 0.833. The Hall–Kier alpha value is 0.350. The third kappa shape index (κ3) is 0.274. The highest BCUT2D eigenvalue weighted by Crippen LogP contribution is 2.61. The fraction of sp³-hybridized carbons (Fsp3) is 0.800. The van der Waals surface area contributed by atoms with Gasteiger partial charge in [0.15, 0.2) is 0 Å². The van der Waals surface area contributed by atoms with Crippen LogP contribution in [0.15, 0.2) is 0 Å². The van der Waals surface area contributed by atoms with Gasteiger partial charge in [-0.25, -0.2) is 0 Å². The maximum atomic E-state index is 2.31. The molecule has 0 amide bonds. The summed E-state index contributed by atoms with van der Waals surface area (Å²) in [7, 11) is 0. The maximum absolute atomic E-state index is 2.31. The molecule has 6 heavy (non-hydrogen) atoms. The van der Waals surface area contributed by atoms with Crippen LogP contribution in [0.5, 0.6) is 0 Å². The van der Waals surface area contributed by atoms with Crippen molar-refractivity contribution in [2.45, 2.75) is 24.0 Å². The number of hydrogen-bond donors (Lipinski definition) is 0. The van der Waals surface area contributed by atoms with E-state index in [1.54, 1.807) is 0 Å². The molecule has 0 aromatic carbocycles. The molecule has 2 fully saturated rings. The minimum Gasteiger partial charge on any atom is -0.150 e. The van der Waals surface area contributed by atoms with E-state index in [1.807, 2.05) is 11.8 Å². The highest BCUT2D eigenvalue weighted by Gasteiger charge is 2.48. The van der Waals surface area contributed by atoms with E-state index in [0.717, 1.165) is 4.75 Å². The second kappa shape index (κ2) is 0.786. The van der Waals surface area contributed by atoms with Crippen LogP contribution in [0, 0.1) is 5.75 Å². The van der Waals surface area contributed by atoms with Gasteiger partial charge < -0.3 is 0 Å². The molecule has 0 aromatic rings. The van der Waals surface area contributed by atoms with Crippen molar-refractivity contribution in [1.29, 1.82) is 0 Å². The van der Waals surface area contributed by atoms with Gasteiger partial charge in [0.25, 0.3) is 0 Å². The molecule has 1 heteroatoms. The van der Waals surface area contributed by atoms with E-state index >= 15 is 0 Å². The van der Waals surface area contributed by atoms with Crippen molar-refractivity contribution in [3.8, 4) is 0 Å². The molecule has 0 aromatic heterocycles. The van der Waals surface area contributed by atoms with Gasteiger partial charge in [0.2, 0.25) is 0 Å². The van der Waals surface area contributed by atoms with Gasteiger partial charge in [0, 0.05) is 10.5 Å². The first kappa shape index (κ1) is 3.36. The first-order valence-electron chi connectivity index (χ1n) is 2.41. The first-order chi connectivity index (χ1) is 2.91. The largest absolute Gasteiger partial charge is 0.150 e. The predicted molar refractivity (Wildman–Crippen MR) is 28.5 cm³/mol. The summed E-state index contributed by atoms with van der Waals surface area (Å²) < 4.78 is 0.833. The normalized spacial score (nSPS) is 36.0. The van der Waals surface area contributed by atoms with Gasteiger partial charge in [-0.15, -0.1) is 0 Å². The molecule has 0 atom stereocenters. The van der Waals surface area contributed by atoms with Gasteiger partial charge in [-0.05, 0) is 19.3 Å². The van der Waals surface area contributed by atoms with Crippen LogP contribution >= 0.6 is 11.8 Å². The molecule has 1 saturated heterocycles. The topological polar surface area (TPSA) is 0 Å². The van der Waals surface area contributed by atoms with E-state index in [2.05, 4.69) is 5.75 Å². The van der Waals surface area contributed by atoms with E-state index in [4.69, 9.17) is 0 Å². The molecule has 0 N–H and O–H groups in total. The molecular weight excluding hydrogens is 92.1 g/mol. The van der Waals surface area contributed by atoms with E-state index < -0.39 is 0 Å². The molecular formula is C5H7S. The van der Waals surface area contributed by atoms with E-state index in [1.165, 1.54) is 19.3 Å². The van der Waals surface area contributed by atoms with Crippen LogP contribution in [0.2, 0.25) is 0 Å². The van der Waals surface area contributed by atoms with Crippen LogP contribution in [-0.4, -0.2) is 4.75 Å².